The van der Waals surface area contributed by atoms with E-state index in [0.29, 0.717) is 11.6 Å². The lowest BCUT2D eigenvalue weighted by Gasteiger charge is -2.24. The van der Waals surface area contributed by atoms with Crippen LogP contribution in [0.25, 0.3) is 22.3 Å². The number of hydrogen-bond donors (Lipinski definition) is 2. The second-order valence-corrected chi connectivity index (χ2v) is 8.73. The molecule has 2 amide bonds. The largest absolute Gasteiger partial charge is 0.345 e. The van der Waals surface area contributed by atoms with Crippen LogP contribution in [0.2, 0.25) is 5.02 Å². The Morgan fingerprint density at radius 3 is 3.07 bits per heavy atom. The van der Waals surface area contributed by atoms with E-state index in [0.717, 1.165) is 59.2 Å². The Balaban J connectivity index is 1.53. The SMILES string of the molecule is CCNC(=O)N1CCC2(CCn3nc(-c4cnc5[nH]cc(Cl)c5c4)c(Br)c32)C1. The van der Waals surface area contributed by atoms with Crippen LogP contribution in [0.15, 0.2) is 22.9 Å². The van der Waals surface area contributed by atoms with Gasteiger partial charge in [-0.3, -0.25) is 4.68 Å². The second kappa shape index (κ2) is 6.49. The zero-order chi connectivity index (χ0) is 19.5. The van der Waals surface area contributed by atoms with Crippen molar-refractivity contribution < 1.29 is 4.79 Å². The highest BCUT2D eigenvalue weighted by Crippen LogP contribution is 2.48. The van der Waals surface area contributed by atoms with Gasteiger partial charge in [-0.25, -0.2) is 9.78 Å². The minimum Gasteiger partial charge on any atom is -0.345 e. The number of aryl methyl sites for hydroxylation is 1. The van der Waals surface area contributed by atoms with Crippen molar-refractivity contribution in [3.05, 3.63) is 33.6 Å². The van der Waals surface area contributed by atoms with Gasteiger partial charge in [0.2, 0.25) is 0 Å². The lowest BCUT2D eigenvalue weighted by molar-refractivity contribution is 0.206. The molecule has 1 spiro atoms. The maximum atomic E-state index is 12.3. The molecule has 28 heavy (non-hydrogen) atoms. The summed E-state index contributed by atoms with van der Waals surface area (Å²) in [5.74, 6) is 0. The minimum atomic E-state index is -0.0432. The smallest absolute Gasteiger partial charge is 0.317 e. The summed E-state index contributed by atoms with van der Waals surface area (Å²) in [5, 5.41) is 9.31. The van der Waals surface area contributed by atoms with E-state index in [1.165, 1.54) is 5.69 Å². The van der Waals surface area contributed by atoms with Crippen molar-refractivity contribution in [2.24, 2.45) is 0 Å². The van der Waals surface area contributed by atoms with Crippen molar-refractivity contribution in [2.75, 3.05) is 19.6 Å². The normalized spacial score (nSPS) is 21.0. The molecule has 0 radical (unpaired) electrons. The number of aromatic amines is 1. The van der Waals surface area contributed by atoms with Gasteiger partial charge in [-0.05, 0) is 41.8 Å². The number of hydrogen-bond acceptors (Lipinski definition) is 3. The number of likely N-dealkylation sites (tertiary alicyclic amines) is 1. The van der Waals surface area contributed by atoms with Gasteiger partial charge in [-0.1, -0.05) is 11.6 Å². The summed E-state index contributed by atoms with van der Waals surface area (Å²) in [6.45, 7) is 4.94. The summed E-state index contributed by atoms with van der Waals surface area (Å²) in [7, 11) is 0. The molecule has 0 aliphatic carbocycles. The van der Waals surface area contributed by atoms with E-state index in [4.69, 9.17) is 16.7 Å². The summed E-state index contributed by atoms with van der Waals surface area (Å²) >= 11 is 10.1. The number of urea groups is 1. The first-order valence-corrected chi connectivity index (χ1v) is 10.6. The average Bonchev–Trinajstić information content (AvgIpc) is 3.43. The van der Waals surface area contributed by atoms with Crippen LogP contribution >= 0.6 is 27.5 Å². The Labute approximate surface area is 175 Å². The first kappa shape index (κ1) is 18.0. The summed E-state index contributed by atoms with van der Waals surface area (Å²) in [6.07, 6.45) is 5.52. The lowest BCUT2D eigenvalue weighted by Crippen LogP contribution is -2.40. The fraction of sp³-hybridized carbons (Fsp3) is 0.421. The van der Waals surface area contributed by atoms with Crippen LogP contribution < -0.4 is 5.32 Å². The Morgan fingerprint density at radius 1 is 1.43 bits per heavy atom. The number of carbonyl (C=O) groups excluding carboxylic acids is 1. The number of pyridine rings is 1. The molecule has 1 unspecified atom stereocenters. The quantitative estimate of drug-likeness (QED) is 0.604. The van der Waals surface area contributed by atoms with Crippen LogP contribution in [0.1, 0.15) is 25.5 Å². The van der Waals surface area contributed by atoms with Gasteiger partial charge in [0, 0.05) is 54.9 Å². The van der Waals surface area contributed by atoms with E-state index in [2.05, 4.69) is 35.9 Å². The number of rotatable bonds is 2. The van der Waals surface area contributed by atoms with Crippen molar-refractivity contribution in [3.8, 4) is 11.3 Å². The van der Waals surface area contributed by atoms with Crippen molar-refractivity contribution in [1.29, 1.82) is 0 Å². The van der Waals surface area contributed by atoms with Gasteiger partial charge < -0.3 is 15.2 Å². The molecule has 1 atom stereocenters. The highest BCUT2D eigenvalue weighted by Gasteiger charge is 2.48. The molecule has 2 aliphatic heterocycles. The van der Waals surface area contributed by atoms with Gasteiger partial charge in [0.1, 0.15) is 11.3 Å². The van der Waals surface area contributed by atoms with E-state index >= 15 is 0 Å². The monoisotopic (exact) mass is 462 g/mol. The van der Waals surface area contributed by atoms with Crippen molar-refractivity contribution in [3.63, 3.8) is 0 Å². The van der Waals surface area contributed by atoms with E-state index in [9.17, 15) is 4.79 Å². The van der Waals surface area contributed by atoms with Crippen LogP contribution in [-0.4, -0.2) is 50.3 Å². The minimum absolute atomic E-state index is 0.0189. The highest BCUT2D eigenvalue weighted by atomic mass is 79.9. The molecule has 3 aromatic rings. The molecular weight excluding hydrogens is 444 g/mol. The first-order chi connectivity index (χ1) is 13.5. The molecule has 0 aromatic carbocycles. The Kier molecular flexibility index (Phi) is 4.17. The number of halogens is 2. The number of aromatic nitrogens is 4. The number of carbonyl (C=O) groups is 1. The predicted molar refractivity (Wildman–Crippen MR) is 112 cm³/mol. The number of amides is 2. The second-order valence-electron chi connectivity index (χ2n) is 7.53. The van der Waals surface area contributed by atoms with Gasteiger partial charge in [0.05, 0.1) is 15.2 Å². The molecule has 7 nitrogen and oxygen atoms in total. The molecule has 0 bridgehead atoms. The summed E-state index contributed by atoms with van der Waals surface area (Å²) in [5.41, 5.74) is 3.71. The summed E-state index contributed by atoms with van der Waals surface area (Å²) in [4.78, 5) is 21.8. The van der Waals surface area contributed by atoms with E-state index in [1.807, 2.05) is 24.1 Å². The molecule has 0 saturated carbocycles. The molecular formula is C19H20BrClN6O. The van der Waals surface area contributed by atoms with Crippen LogP contribution in [-0.2, 0) is 12.0 Å². The number of fused-ring (bicyclic) bond motifs is 3. The maximum Gasteiger partial charge on any atom is 0.317 e. The Bertz CT molecular complexity index is 1090. The molecule has 2 aliphatic rings. The number of nitrogens with one attached hydrogen (secondary N) is 2. The molecule has 1 fully saturated rings. The van der Waals surface area contributed by atoms with Crippen molar-refractivity contribution in [2.45, 2.75) is 31.7 Å². The van der Waals surface area contributed by atoms with Crippen LogP contribution in [0.3, 0.4) is 0 Å². The van der Waals surface area contributed by atoms with Gasteiger partial charge in [-0.2, -0.15) is 5.10 Å². The molecule has 1 saturated heterocycles. The molecule has 5 rings (SSSR count). The molecule has 5 heterocycles. The maximum absolute atomic E-state index is 12.3. The zero-order valence-electron chi connectivity index (χ0n) is 15.4. The molecule has 9 heteroatoms. The third-order valence-corrected chi connectivity index (χ3v) is 6.99. The Hall–Kier alpha value is -2.06. The van der Waals surface area contributed by atoms with Crippen molar-refractivity contribution >= 4 is 44.6 Å². The van der Waals surface area contributed by atoms with Gasteiger partial charge in [0.25, 0.3) is 0 Å². The van der Waals surface area contributed by atoms with Crippen LogP contribution in [0, 0.1) is 0 Å². The first-order valence-electron chi connectivity index (χ1n) is 9.45. The van der Waals surface area contributed by atoms with E-state index < -0.39 is 0 Å². The highest BCUT2D eigenvalue weighted by molar-refractivity contribution is 9.10. The average molecular weight is 464 g/mol. The van der Waals surface area contributed by atoms with Crippen LogP contribution in [0.5, 0.6) is 0 Å². The van der Waals surface area contributed by atoms with Gasteiger partial charge >= 0.3 is 6.03 Å². The molecule has 2 N–H and O–H groups in total. The van der Waals surface area contributed by atoms with Gasteiger partial charge in [-0.15, -0.1) is 0 Å². The standard InChI is InChI=1S/C19H20BrClN6O/c1-2-22-18(28)26-5-3-19(10-26)4-6-27-16(19)14(20)15(25-27)11-7-12-13(21)9-24-17(12)23-8-11/h7-9H,2-6,10H2,1H3,(H,22,28)(H,23,24). The van der Waals surface area contributed by atoms with E-state index in [1.54, 1.807) is 6.20 Å². The number of nitrogens with zero attached hydrogens (tertiary/aromatic N) is 4. The third kappa shape index (κ3) is 2.58. The van der Waals surface area contributed by atoms with E-state index in [-0.39, 0.29) is 11.4 Å². The van der Waals surface area contributed by atoms with Gasteiger partial charge in [0.15, 0.2) is 0 Å². The van der Waals surface area contributed by atoms with Crippen molar-refractivity contribution in [1.82, 2.24) is 30.0 Å². The molecule has 146 valence electrons. The predicted octanol–water partition coefficient (Wildman–Crippen LogP) is 3.92. The van der Waals surface area contributed by atoms with Crippen LogP contribution in [0.4, 0.5) is 4.79 Å². The fourth-order valence-corrected chi connectivity index (χ4v) is 5.67. The third-order valence-electron chi connectivity index (χ3n) is 5.92. The molecule has 3 aromatic heterocycles. The zero-order valence-corrected chi connectivity index (χ0v) is 17.8. The lowest BCUT2D eigenvalue weighted by atomic mass is 9.82. The fourth-order valence-electron chi connectivity index (χ4n) is 4.54. The summed E-state index contributed by atoms with van der Waals surface area (Å²) < 4.78 is 3.08. The summed E-state index contributed by atoms with van der Waals surface area (Å²) in [6, 6.07) is 2.04. The number of H-pyrrole nitrogens is 1. The topological polar surface area (TPSA) is 78.8 Å². The Morgan fingerprint density at radius 2 is 2.25 bits per heavy atom.